The number of aromatic nitrogens is 6. The molecular weight excluding hydrogens is 202 g/mol. The van der Waals surface area contributed by atoms with Crippen molar-refractivity contribution in [1.29, 1.82) is 0 Å². The van der Waals surface area contributed by atoms with Gasteiger partial charge in [-0.2, -0.15) is 5.90 Å². The largest absolute Gasteiger partial charge is 0.379 e. The number of aryl methyl sites for hydroxylation is 1. The van der Waals surface area contributed by atoms with Crippen molar-refractivity contribution in [2.75, 3.05) is 0 Å². The topological polar surface area (TPSA) is 125 Å². The fourth-order valence-electron chi connectivity index (χ4n) is 1.15. The number of hydrogen-bond donors (Lipinski definition) is 2. The van der Waals surface area contributed by atoms with Gasteiger partial charge in [-0.25, -0.2) is 9.48 Å². The first kappa shape index (κ1) is 9.27. The van der Waals surface area contributed by atoms with E-state index in [9.17, 15) is 4.79 Å². The summed E-state index contributed by atoms with van der Waals surface area (Å²) in [6.07, 6.45) is 1.51. The molecule has 0 aliphatic heterocycles. The van der Waals surface area contributed by atoms with E-state index >= 15 is 0 Å². The maximum absolute atomic E-state index is 11.2. The van der Waals surface area contributed by atoms with Crippen molar-refractivity contribution in [2.45, 2.75) is 0 Å². The summed E-state index contributed by atoms with van der Waals surface area (Å²) in [5, 5.41) is 17.1. The first-order valence-electron chi connectivity index (χ1n) is 3.91. The van der Waals surface area contributed by atoms with Gasteiger partial charge in [-0.05, 0) is 0 Å². The molecule has 9 heteroatoms. The van der Waals surface area contributed by atoms with E-state index in [-0.39, 0.29) is 5.69 Å². The molecule has 0 spiro atoms. The van der Waals surface area contributed by atoms with Crippen LogP contribution in [0.2, 0.25) is 0 Å². The molecule has 2 rings (SSSR count). The average molecular weight is 209 g/mol. The van der Waals surface area contributed by atoms with Crippen molar-refractivity contribution >= 4 is 5.97 Å². The molecule has 15 heavy (non-hydrogen) atoms. The van der Waals surface area contributed by atoms with Gasteiger partial charge >= 0.3 is 5.97 Å². The molecule has 2 heterocycles. The van der Waals surface area contributed by atoms with Crippen LogP contribution < -0.4 is 5.90 Å². The van der Waals surface area contributed by atoms with Gasteiger partial charge in [0, 0.05) is 7.05 Å². The summed E-state index contributed by atoms with van der Waals surface area (Å²) in [5.41, 5.74) is 0.816. The molecule has 0 bridgehead atoms. The van der Waals surface area contributed by atoms with Crippen LogP contribution >= 0.6 is 0 Å². The summed E-state index contributed by atoms with van der Waals surface area (Å²) in [4.78, 5) is 15.3. The van der Waals surface area contributed by atoms with Crippen LogP contribution in [-0.2, 0) is 11.9 Å². The van der Waals surface area contributed by atoms with Crippen molar-refractivity contribution in [2.24, 2.45) is 12.9 Å². The minimum Gasteiger partial charge on any atom is -0.368 e. The maximum Gasteiger partial charge on any atom is 0.379 e. The number of rotatable bonds is 2. The second kappa shape index (κ2) is 3.46. The van der Waals surface area contributed by atoms with Crippen molar-refractivity contribution in [3.63, 3.8) is 0 Å². The van der Waals surface area contributed by atoms with E-state index in [1.165, 1.54) is 10.9 Å². The van der Waals surface area contributed by atoms with E-state index < -0.39 is 5.97 Å². The van der Waals surface area contributed by atoms with Gasteiger partial charge in [0.2, 0.25) is 5.69 Å². The zero-order valence-corrected chi connectivity index (χ0v) is 7.71. The van der Waals surface area contributed by atoms with E-state index in [0.29, 0.717) is 11.4 Å². The molecule has 0 fully saturated rings. The molecule has 0 radical (unpaired) electrons. The van der Waals surface area contributed by atoms with Crippen molar-refractivity contribution < 1.29 is 9.63 Å². The third kappa shape index (κ3) is 1.44. The van der Waals surface area contributed by atoms with Gasteiger partial charge in [0.15, 0.2) is 0 Å². The third-order valence-electron chi connectivity index (χ3n) is 1.79. The van der Waals surface area contributed by atoms with E-state index in [1.807, 2.05) is 0 Å². The third-order valence-corrected chi connectivity index (χ3v) is 1.79. The number of carbonyl (C=O) groups is 1. The lowest BCUT2D eigenvalue weighted by atomic mass is 10.2. The second-order valence-electron chi connectivity index (χ2n) is 2.67. The lowest BCUT2D eigenvalue weighted by molar-refractivity contribution is 0.0497. The summed E-state index contributed by atoms with van der Waals surface area (Å²) >= 11 is 0. The minimum absolute atomic E-state index is 0.00565. The fourth-order valence-corrected chi connectivity index (χ4v) is 1.15. The smallest absolute Gasteiger partial charge is 0.368 e. The number of H-pyrrole nitrogens is 1. The Bertz CT molecular complexity index is 474. The van der Waals surface area contributed by atoms with Crippen LogP contribution in [0.5, 0.6) is 0 Å². The van der Waals surface area contributed by atoms with Gasteiger partial charge in [-0.3, -0.25) is 5.10 Å². The highest BCUT2D eigenvalue weighted by molar-refractivity contribution is 5.93. The highest BCUT2D eigenvalue weighted by atomic mass is 16.7. The average Bonchev–Trinajstić information content (AvgIpc) is 2.85. The lowest BCUT2D eigenvalue weighted by Gasteiger charge is -1.97. The van der Waals surface area contributed by atoms with Crippen LogP contribution in [0.1, 0.15) is 10.5 Å². The summed E-state index contributed by atoms with van der Waals surface area (Å²) in [5.74, 6) is 3.99. The minimum atomic E-state index is -0.777. The van der Waals surface area contributed by atoms with Crippen LogP contribution in [0.4, 0.5) is 0 Å². The second-order valence-corrected chi connectivity index (χ2v) is 2.67. The molecule has 78 valence electrons. The van der Waals surface area contributed by atoms with E-state index in [0.717, 1.165) is 0 Å². The van der Waals surface area contributed by atoms with E-state index in [1.54, 1.807) is 7.05 Å². The molecule has 2 aromatic heterocycles. The van der Waals surface area contributed by atoms with Crippen LogP contribution in [0, 0.1) is 0 Å². The fraction of sp³-hybridized carbons (Fsp3) is 0.167. The van der Waals surface area contributed by atoms with Crippen molar-refractivity contribution in [3.8, 4) is 11.4 Å². The number of nitrogens with zero attached hydrogens (tertiary/aromatic N) is 5. The molecule has 0 saturated carbocycles. The molecule has 2 aromatic rings. The molecule has 0 aliphatic rings. The molecule has 0 aromatic carbocycles. The number of carbonyl (C=O) groups excluding carboxylic acids is 1. The summed E-state index contributed by atoms with van der Waals surface area (Å²) in [6, 6.07) is 0. The van der Waals surface area contributed by atoms with Crippen LogP contribution in [0.25, 0.3) is 11.4 Å². The van der Waals surface area contributed by atoms with Crippen molar-refractivity contribution in [1.82, 2.24) is 30.4 Å². The van der Waals surface area contributed by atoms with Gasteiger partial charge in [0.05, 0.1) is 6.20 Å². The summed E-state index contributed by atoms with van der Waals surface area (Å²) in [7, 11) is 1.62. The SMILES string of the molecule is Cn1nnc(C(=O)ON)c1-c1c[nH]nn1. The molecule has 9 nitrogen and oxygen atoms in total. The Morgan fingerprint density at radius 1 is 1.60 bits per heavy atom. The monoisotopic (exact) mass is 209 g/mol. The van der Waals surface area contributed by atoms with Crippen LogP contribution in [0.15, 0.2) is 6.20 Å². The first-order chi connectivity index (χ1) is 7.24. The highest BCUT2D eigenvalue weighted by Gasteiger charge is 2.22. The van der Waals surface area contributed by atoms with Crippen LogP contribution in [0.3, 0.4) is 0 Å². The molecule has 0 unspecified atom stereocenters. The Kier molecular flexibility index (Phi) is 2.14. The van der Waals surface area contributed by atoms with Gasteiger partial charge < -0.3 is 4.84 Å². The Morgan fingerprint density at radius 2 is 2.40 bits per heavy atom. The molecule has 0 saturated heterocycles. The molecule has 0 aliphatic carbocycles. The number of hydrogen-bond acceptors (Lipinski definition) is 7. The quantitative estimate of drug-likeness (QED) is 0.584. The number of nitrogens with two attached hydrogens (primary N) is 1. The molecule has 0 atom stereocenters. The molecular formula is C6H7N7O2. The predicted octanol–water partition coefficient (Wildman–Crippen LogP) is -1.37. The maximum atomic E-state index is 11.2. The normalized spacial score (nSPS) is 10.3. The summed E-state index contributed by atoms with van der Waals surface area (Å²) in [6.45, 7) is 0. The Morgan fingerprint density at radius 3 is 3.00 bits per heavy atom. The molecule has 0 amide bonds. The highest BCUT2D eigenvalue weighted by Crippen LogP contribution is 2.17. The summed E-state index contributed by atoms with van der Waals surface area (Å²) < 4.78 is 1.38. The Hall–Kier alpha value is -2.29. The zero-order valence-electron chi connectivity index (χ0n) is 7.71. The van der Waals surface area contributed by atoms with Crippen molar-refractivity contribution in [3.05, 3.63) is 11.9 Å². The standard InChI is InChI=1S/C6H7N7O2/c1-13-5(3-2-8-11-9-3)4(10-12-13)6(14)15-7/h2H,7H2,1H3,(H,8,9,11). The van der Waals surface area contributed by atoms with E-state index in [4.69, 9.17) is 5.90 Å². The van der Waals surface area contributed by atoms with Crippen LogP contribution in [-0.4, -0.2) is 36.4 Å². The van der Waals surface area contributed by atoms with Gasteiger partial charge in [0.25, 0.3) is 0 Å². The Balaban J connectivity index is 2.55. The van der Waals surface area contributed by atoms with Gasteiger partial charge in [-0.15, -0.1) is 10.2 Å². The van der Waals surface area contributed by atoms with Gasteiger partial charge in [0.1, 0.15) is 11.4 Å². The molecule has 3 N–H and O–H groups in total. The Labute approximate surface area is 83.2 Å². The van der Waals surface area contributed by atoms with E-state index in [2.05, 4.69) is 30.6 Å². The predicted molar refractivity (Wildman–Crippen MR) is 46.0 cm³/mol. The zero-order chi connectivity index (χ0) is 10.8. The van der Waals surface area contributed by atoms with Gasteiger partial charge in [-0.1, -0.05) is 10.4 Å². The first-order valence-corrected chi connectivity index (χ1v) is 3.91. The number of aromatic amines is 1. The number of nitrogens with one attached hydrogen (secondary N) is 1. The lowest BCUT2D eigenvalue weighted by Crippen LogP contribution is -2.12.